The van der Waals surface area contributed by atoms with Gasteiger partial charge in [-0.3, -0.25) is 0 Å². The number of hydrogen-bond acceptors (Lipinski definition) is 3. The highest BCUT2D eigenvalue weighted by molar-refractivity contribution is 7.15. The zero-order valence-electron chi connectivity index (χ0n) is 11.5. The molecule has 1 heterocycles. The molecular weight excluding hydrogens is 252 g/mol. The molecule has 0 spiro atoms. The van der Waals surface area contributed by atoms with E-state index >= 15 is 0 Å². The van der Waals surface area contributed by atoms with Crippen LogP contribution in [-0.2, 0) is 0 Å². The van der Waals surface area contributed by atoms with Gasteiger partial charge in [-0.05, 0) is 43.9 Å². The lowest BCUT2D eigenvalue weighted by molar-refractivity contribution is 0.606. The van der Waals surface area contributed by atoms with Gasteiger partial charge in [-0.15, -0.1) is 11.3 Å². The molecule has 1 aliphatic carbocycles. The van der Waals surface area contributed by atoms with Crippen molar-refractivity contribution in [2.24, 2.45) is 0 Å². The second-order valence-corrected chi connectivity index (χ2v) is 6.31. The van der Waals surface area contributed by atoms with Gasteiger partial charge in [0.1, 0.15) is 5.01 Å². The average Bonchev–Trinajstić information content (AvgIpc) is 3.16. The maximum atomic E-state index is 4.59. The third-order valence-electron chi connectivity index (χ3n) is 3.64. The first-order chi connectivity index (χ1) is 9.28. The van der Waals surface area contributed by atoms with Crippen LogP contribution in [0, 0.1) is 0 Å². The molecule has 1 aromatic heterocycles. The first-order valence-electron chi connectivity index (χ1n) is 7.07. The number of benzene rings is 1. The largest absolute Gasteiger partial charge is 0.310 e. The Kier molecular flexibility index (Phi) is 3.67. The Morgan fingerprint density at radius 1 is 1.42 bits per heavy atom. The molecule has 1 aliphatic rings. The molecular formula is C16H20N2S. The Hall–Kier alpha value is -1.19. The van der Waals surface area contributed by atoms with Gasteiger partial charge in [-0.25, -0.2) is 4.98 Å². The molecule has 3 rings (SSSR count). The van der Waals surface area contributed by atoms with Crippen LogP contribution in [0.3, 0.4) is 0 Å². The lowest BCUT2D eigenvalue weighted by Gasteiger charge is -2.08. The van der Waals surface area contributed by atoms with E-state index < -0.39 is 0 Å². The fourth-order valence-electron chi connectivity index (χ4n) is 2.37. The molecule has 1 N–H and O–H groups in total. The third-order valence-corrected chi connectivity index (χ3v) is 4.87. The summed E-state index contributed by atoms with van der Waals surface area (Å²) in [4.78, 5) is 5.90. The van der Waals surface area contributed by atoms with Crippen LogP contribution in [0.25, 0.3) is 10.6 Å². The van der Waals surface area contributed by atoms with E-state index in [9.17, 15) is 0 Å². The summed E-state index contributed by atoms with van der Waals surface area (Å²) in [5, 5.41) is 4.58. The summed E-state index contributed by atoms with van der Waals surface area (Å²) in [7, 11) is 0. The van der Waals surface area contributed by atoms with Gasteiger partial charge in [0.25, 0.3) is 0 Å². The summed E-state index contributed by atoms with van der Waals surface area (Å²) < 4.78 is 0. The summed E-state index contributed by atoms with van der Waals surface area (Å²) in [5.74, 6) is 0.806. The summed E-state index contributed by atoms with van der Waals surface area (Å²) >= 11 is 1.80. The van der Waals surface area contributed by atoms with Gasteiger partial charge < -0.3 is 5.32 Å². The van der Waals surface area contributed by atoms with Gasteiger partial charge in [-0.2, -0.15) is 0 Å². The smallest absolute Gasteiger partial charge is 0.123 e. The minimum absolute atomic E-state index is 0.392. The fourth-order valence-corrected chi connectivity index (χ4v) is 3.31. The number of thiazole rings is 1. The van der Waals surface area contributed by atoms with E-state index in [1.165, 1.54) is 28.8 Å². The first kappa shape index (κ1) is 12.8. The lowest BCUT2D eigenvalue weighted by atomic mass is 10.1. The van der Waals surface area contributed by atoms with Crippen molar-refractivity contribution in [3.05, 3.63) is 40.9 Å². The van der Waals surface area contributed by atoms with Crippen LogP contribution in [0.1, 0.15) is 49.1 Å². The monoisotopic (exact) mass is 272 g/mol. The molecule has 2 aromatic rings. The summed E-state index contributed by atoms with van der Waals surface area (Å²) in [6, 6.07) is 9.29. The molecule has 0 saturated heterocycles. The zero-order chi connectivity index (χ0) is 13.2. The van der Waals surface area contributed by atoms with Crippen molar-refractivity contribution in [2.45, 2.75) is 38.6 Å². The van der Waals surface area contributed by atoms with Crippen molar-refractivity contribution in [2.75, 3.05) is 6.54 Å². The van der Waals surface area contributed by atoms with Gasteiger partial charge in [0.05, 0.1) is 0 Å². The van der Waals surface area contributed by atoms with Crippen LogP contribution >= 0.6 is 11.3 Å². The second kappa shape index (κ2) is 5.43. The second-order valence-electron chi connectivity index (χ2n) is 5.25. The summed E-state index contributed by atoms with van der Waals surface area (Å²) in [6.07, 6.45) is 4.71. The van der Waals surface area contributed by atoms with Crippen molar-refractivity contribution in [1.29, 1.82) is 0 Å². The molecule has 1 aromatic carbocycles. The van der Waals surface area contributed by atoms with Gasteiger partial charge in [0, 0.05) is 22.7 Å². The summed E-state index contributed by atoms with van der Waals surface area (Å²) in [6.45, 7) is 5.32. The van der Waals surface area contributed by atoms with Crippen LogP contribution in [-0.4, -0.2) is 11.5 Å². The van der Waals surface area contributed by atoms with Crippen molar-refractivity contribution in [3.8, 4) is 10.6 Å². The Bertz CT molecular complexity index is 557. The van der Waals surface area contributed by atoms with E-state index in [-0.39, 0.29) is 0 Å². The Morgan fingerprint density at radius 3 is 3.00 bits per heavy atom. The molecule has 1 saturated carbocycles. The number of nitrogens with zero attached hydrogens (tertiary/aromatic N) is 1. The van der Waals surface area contributed by atoms with Crippen LogP contribution < -0.4 is 5.32 Å². The predicted molar refractivity (Wildman–Crippen MR) is 81.6 cm³/mol. The minimum atomic E-state index is 0.392. The van der Waals surface area contributed by atoms with E-state index in [4.69, 9.17) is 0 Å². The quantitative estimate of drug-likeness (QED) is 0.875. The van der Waals surface area contributed by atoms with Gasteiger partial charge in [-0.1, -0.05) is 25.1 Å². The summed E-state index contributed by atoms with van der Waals surface area (Å²) in [5.41, 5.74) is 2.75. The number of aromatic nitrogens is 1. The van der Waals surface area contributed by atoms with E-state index in [0.717, 1.165) is 17.5 Å². The highest BCUT2D eigenvalue weighted by atomic mass is 32.1. The van der Waals surface area contributed by atoms with E-state index in [1.807, 2.05) is 6.20 Å². The molecule has 0 bridgehead atoms. The van der Waals surface area contributed by atoms with Gasteiger partial charge in [0.15, 0.2) is 0 Å². The van der Waals surface area contributed by atoms with E-state index in [1.54, 1.807) is 11.3 Å². The third kappa shape index (κ3) is 2.88. The van der Waals surface area contributed by atoms with Gasteiger partial charge in [0.2, 0.25) is 0 Å². The molecule has 1 fully saturated rings. The average molecular weight is 272 g/mol. The molecule has 0 aliphatic heterocycles. The predicted octanol–water partition coefficient (Wildman–Crippen LogP) is 4.36. The Morgan fingerprint density at radius 2 is 2.26 bits per heavy atom. The normalized spacial score (nSPS) is 16.5. The fraction of sp³-hybridized carbons (Fsp3) is 0.438. The number of hydrogen-bond donors (Lipinski definition) is 1. The van der Waals surface area contributed by atoms with Crippen molar-refractivity contribution in [3.63, 3.8) is 0 Å². The molecule has 19 heavy (non-hydrogen) atoms. The maximum Gasteiger partial charge on any atom is 0.123 e. The van der Waals surface area contributed by atoms with E-state index in [0.29, 0.717) is 6.04 Å². The van der Waals surface area contributed by atoms with Crippen LogP contribution in [0.5, 0.6) is 0 Å². The topological polar surface area (TPSA) is 24.9 Å². The van der Waals surface area contributed by atoms with Crippen LogP contribution in [0.4, 0.5) is 0 Å². The molecule has 3 heteroatoms. The molecule has 1 unspecified atom stereocenters. The Labute approximate surface area is 118 Å². The molecule has 2 nitrogen and oxygen atoms in total. The van der Waals surface area contributed by atoms with E-state index in [2.05, 4.69) is 48.4 Å². The Balaban J connectivity index is 1.83. The molecule has 100 valence electrons. The number of nitrogens with one attached hydrogen (secondary N) is 1. The number of rotatable bonds is 5. The molecule has 0 amide bonds. The van der Waals surface area contributed by atoms with Crippen LogP contribution in [0.2, 0.25) is 0 Å². The first-order valence-corrected chi connectivity index (χ1v) is 7.89. The minimum Gasteiger partial charge on any atom is -0.310 e. The highest BCUT2D eigenvalue weighted by Gasteiger charge is 2.23. The van der Waals surface area contributed by atoms with Crippen molar-refractivity contribution < 1.29 is 0 Å². The SMILES string of the molecule is CCNC(C)c1cnc(-c2cccc(C3CC3)c2)s1. The highest BCUT2D eigenvalue weighted by Crippen LogP contribution is 2.41. The van der Waals surface area contributed by atoms with Gasteiger partial charge >= 0.3 is 0 Å². The van der Waals surface area contributed by atoms with Crippen molar-refractivity contribution in [1.82, 2.24) is 10.3 Å². The maximum absolute atomic E-state index is 4.59. The zero-order valence-corrected chi connectivity index (χ0v) is 12.3. The molecule has 0 radical (unpaired) electrons. The molecule has 1 atom stereocenters. The van der Waals surface area contributed by atoms with Crippen molar-refractivity contribution >= 4 is 11.3 Å². The van der Waals surface area contributed by atoms with Crippen LogP contribution in [0.15, 0.2) is 30.5 Å². The standard InChI is InChI=1S/C16H20N2S/c1-3-17-11(2)15-10-18-16(19-15)14-6-4-5-13(9-14)12-7-8-12/h4-6,9-12,17H,3,7-8H2,1-2H3. The lowest BCUT2D eigenvalue weighted by Crippen LogP contribution is -2.16.